The zero-order valence-corrected chi connectivity index (χ0v) is 14.7. The van der Waals surface area contributed by atoms with Gasteiger partial charge in [0, 0.05) is 18.7 Å². The molecule has 2 aromatic carbocycles. The van der Waals surface area contributed by atoms with Crippen LogP contribution in [0.4, 0.5) is 10.1 Å². The predicted octanol–water partition coefficient (Wildman–Crippen LogP) is 2.45. The summed E-state index contributed by atoms with van der Waals surface area (Å²) in [5.74, 6) is -0.323. The number of rotatable bonds is 7. The number of aryl methyl sites for hydroxylation is 1. The second kappa shape index (κ2) is 8.09. The van der Waals surface area contributed by atoms with Crippen LogP contribution in [-0.4, -0.2) is 28.0 Å². The van der Waals surface area contributed by atoms with Crippen molar-refractivity contribution >= 4 is 21.6 Å². The Hall–Kier alpha value is -2.45. The van der Waals surface area contributed by atoms with E-state index in [2.05, 4.69) is 10.0 Å². The van der Waals surface area contributed by atoms with Crippen molar-refractivity contribution in [3.05, 3.63) is 53.8 Å². The molecule has 0 aliphatic heterocycles. The van der Waals surface area contributed by atoms with Gasteiger partial charge in [-0.15, -0.1) is 0 Å². The molecule has 0 saturated heterocycles. The summed E-state index contributed by atoms with van der Waals surface area (Å²) in [6.45, 7) is 1.66. The minimum atomic E-state index is -3.71. The highest BCUT2D eigenvalue weighted by atomic mass is 32.2. The summed E-state index contributed by atoms with van der Waals surface area (Å²) < 4.78 is 44.8. The van der Waals surface area contributed by atoms with Gasteiger partial charge in [-0.25, -0.2) is 17.5 Å². The van der Waals surface area contributed by atoms with Crippen molar-refractivity contribution in [1.82, 2.24) is 4.72 Å². The third-order valence-corrected chi connectivity index (χ3v) is 4.96. The minimum Gasteiger partial charge on any atom is -0.497 e. The van der Waals surface area contributed by atoms with Gasteiger partial charge in [-0.2, -0.15) is 0 Å². The van der Waals surface area contributed by atoms with Gasteiger partial charge in [0.1, 0.15) is 11.6 Å². The van der Waals surface area contributed by atoms with E-state index in [0.717, 1.165) is 0 Å². The first kappa shape index (κ1) is 18.9. The average Bonchev–Trinajstić information content (AvgIpc) is 2.58. The number of halogens is 1. The molecule has 134 valence electrons. The number of amides is 1. The second-order valence-corrected chi connectivity index (χ2v) is 7.10. The molecule has 0 bridgehead atoms. The first-order chi connectivity index (χ1) is 11.8. The van der Waals surface area contributed by atoms with Gasteiger partial charge in [0.15, 0.2) is 0 Å². The maximum Gasteiger partial charge on any atom is 0.240 e. The molecule has 0 aliphatic carbocycles. The Morgan fingerprint density at radius 3 is 2.48 bits per heavy atom. The number of carbonyl (C=O) groups excluding carboxylic acids is 1. The molecule has 0 fully saturated rings. The van der Waals surface area contributed by atoms with E-state index in [-0.39, 0.29) is 17.9 Å². The molecular formula is C17H19FN2O4S. The third kappa shape index (κ3) is 5.27. The third-order valence-electron chi connectivity index (χ3n) is 3.49. The van der Waals surface area contributed by atoms with Crippen molar-refractivity contribution < 1.29 is 22.3 Å². The van der Waals surface area contributed by atoms with Crippen LogP contribution in [0.25, 0.3) is 0 Å². The highest BCUT2D eigenvalue weighted by Gasteiger charge is 2.14. The fourth-order valence-electron chi connectivity index (χ4n) is 2.08. The largest absolute Gasteiger partial charge is 0.497 e. The number of sulfonamides is 1. The Kier molecular flexibility index (Phi) is 6.11. The van der Waals surface area contributed by atoms with E-state index in [4.69, 9.17) is 4.74 Å². The Labute approximate surface area is 146 Å². The van der Waals surface area contributed by atoms with Crippen LogP contribution in [0.15, 0.2) is 47.4 Å². The van der Waals surface area contributed by atoms with Crippen molar-refractivity contribution in [2.24, 2.45) is 0 Å². The standard InChI is InChI=1S/C17H19FN2O4S/c1-12-3-4-13(18)11-16(12)20-17(21)9-10-19-25(22,23)15-7-5-14(24-2)6-8-15/h3-8,11,19H,9-10H2,1-2H3,(H,20,21). The number of carbonyl (C=O) groups is 1. The lowest BCUT2D eigenvalue weighted by atomic mass is 10.2. The quantitative estimate of drug-likeness (QED) is 0.788. The van der Waals surface area contributed by atoms with Crippen molar-refractivity contribution in [3.63, 3.8) is 0 Å². The van der Waals surface area contributed by atoms with Crippen LogP contribution in [0.1, 0.15) is 12.0 Å². The molecular weight excluding hydrogens is 347 g/mol. The number of methoxy groups -OCH3 is 1. The van der Waals surface area contributed by atoms with E-state index in [9.17, 15) is 17.6 Å². The van der Waals surface area contributed by atoms with Crippen molar-refractivity contribution in [2.45, 2.75) is 18.2 Å². The van der Waals surface area contributed by atoms with Crippen LogP contribution in [0.5, 0.6) is 5.75 Å². The molecule has 6 nitrogen and oxygen atoms in total. The van der Waals surface area contributed by atoms with E-state index in [0.29, 0.717) is 17.0 Å². The highest BCUT2D eigenvalue weighted by molar-refractivity contribution is 7.89. The molecule has 0 aliphatic rings. The number of hydrogen-bond donors (Lipinski definition) is 2. The topological polar surface area (TPSA) is 84.5 Å². The summed E-state index contributed by atoms with van der Waals surface area (Å²) in [6.07, 6.45) is -0.0780. The maximum atomic E-state index is 13.2. The fourth-order valence-corrected chi connectivity index (χ4v) is 3.11. The summed E-state index contributed by atoms with van der Waals surface area (Å²) in [5, 5.41) is 2.56. The summed E-state index contributed by atoms with van der Waals surface area (Å²) in [5.41, 5.74) is 1.08. The lowest BCUT2D eigenvalue weighted by Gasteiger charge is -2.10. The molecule has 2 rings (SSSR count). The van der Waals surface area contributed by atoms with Gasteiger partial charge in [-0.1, -0.05) is 6.07 Å². The van der Waals surface area contributed by atoms with E-state index < -0.39 is 21.7 Å². The molecule has 0 unspecified atom stereocenters. The lowest BCUT2D eigenvalue weighted by molar-refractivity contribution is -0.116. The van der Waals surface area contributed by atoms with Gasteiger partial charge in [-0.3, -0.25) is 4.79 Å². The van der Waals surface area contributed by atoms with E-state index in [1.54, 1.807) is 13.0 Å². The molecule has 2 N–H and O–H groups in total. The molecule has 2 aromatic rings. The summed E-state index contributed by atoms with van der Waals surface area (Å²) >= 11 is 0. The van der Waals surface area contributed by atoms with Gasteiger partial charge >= 0.3 is 0 Å². The Bertz CT molecular complexity index is 851. The number of ether oxygens (including phenoxy) is 1. The van der Waals surface area contributed by atoms with Gasteiger partial charge in [0.2, 0.25) is 15.9 Å². The molecule has 0 saturated carbocycles. The van der Waals surface area contributed by atoms with E-state index in [1.807, 2.05) is 0 Å². The number of benzene rings is 2. The van der Waals surface area contributed by atoms with E-state index >= 15 is 0 Å². The molecule has 0 spiro atoms. The highest BCUT2D eigenvalue weighted by Crippen LogP contribution is 2.17. The molecule has 25 heavy (non-hydrogen) atoms. The SMILES string of the molecule is COc1ccc(S(=O)(=O)NCCC(=O)Nc2cc(F)ccc2C)cc1. The van der Waals surface area contributed by atoms with Crippen molar-refractivity contribution in [1.29, 1.82) is 0 Å². The molecule has 0 aromatic heterocycles. The second-order valence-electron chi connectivity index (χ2n) is 5.33. The molecule has 0 radical (unpaired) electrons. The normalized spacial score (nSPS) is 11.2. The summed E-state index contributed by atoms with van der Waals surface area (Å²) in [4.78, 5) is 12.0. The fraction of sp³-hybridized carbons (Fsp3) is 0.235. The van der Waals surface area contributed by atoms with Gasteiger partial charge < -0.3 is 10.1 Å². The number of nitrogens with one attached hydrogen (secondary N) is 2. The van der Waals surface area contributed by atoms with Crippen LogP contribution < -0.4 is 14.8 Å². The maximum absolute atomic E-state index is 13.2. The zero-order chi connectivity index (χ0) is 18.4. The molecule has 8 heteroatoms. The Morgan fingerprint density at radius 1 is 1.16 bits per heavy atom. The van der Waals surface area contributed by atoms with Crippen LogP contribution in [-0.2, 0) is 14.8 Å². The van der Waals surface area contributed by atoms with Gasteiger partial charge in [0.25, 0.3) is 0 Å². The van der Waals surface area contributed by atoms with Crippen LogP contribution in [0, 0.1) is 12.7 Å². The smallest absolute Gasteiger partial charge is 0.240 e. The van der Waals surface area contributed by atoms with E-state index in [1.165, 1.54) is 43.5 Å². The summed E-state index contributed by atoms with van der Waals surface area (Å²) in [6, 6.07) is 9.97. The van der Waals surface area contributed by atoms with Crippen LogP contribution in [0.3, 0.4) is 0 Å². The minimum absolute atomic E-state index is 0.0748. The first-order valence-corrected chi connectivity index (χ1v) is 9.00. The average molecular weight is 366 g/mol. The Morgan fingerprint density at radius 2 is 1.84 bits per heavy atom. The molecule has 0 atom stereocenters. The number of hydrogen-bond acceptors (Lipinski definition) is 4. The summed E-state index contributed by atoms with van der Waals surface area (Å²) in [7, 11) is -2.23. The first-order valence-electron chi connectivity index (χ1n) is 7.51. The predicted molar refractivity (Wildman–Crippen MR) is 92.6 cm³/mol. The lowest BCUT2D eigenvalue weighted by Crippen LogP contribution is -2.28. The molecule has 1 amide bonds. The van der Waals surface area contributed by atoms with Crippen molar-refractivity contribution in [3.8, 4) is 5.75 Å². The van der Waals surface area contributed by atoms with Crippen LogP contribution >= 0.6 is 0 Å². The van der Waals surface area contributed by atoms with Gasteiger partial charge in [-0.05, 0) is 48.9 Å². The number of anilines is 1. The Balaban J connectivity index is 1.90. The van der Waals surface area contributed by atoms with Crippen molar-refractivity contribution in [2.75, 3.05) is 19.0 Å². The molecule has 0 heterocycles. The van der Waals surface area contributed by atoms with Gasteiger partial charge in [0.05, 0.1) is 12.0 Å². The zero-order valence-electron chi connectivity index (χ0n) is 13.9. The van der Waals surface area contributed by atoms with Crippen LogP contribution in [0.2, 0.25) is 0 Å². The monoisotopic (exact) mass is 366 g/mol.